The van der Waals surface area contributed by atoms with Gasteiger partial charge in [0, 0.05) is 7.11 Å². The first-order chi connectivity index (χ1) is 10.6. The smallest absolute Gasteiger partial charge is 0.270 e. The second-order valence-electron chi connectivity index (χ2n) is 7.08. The summed E-state index contributed by atoms with van der Waals surface area (Å²) in [4.78, 5) is 0. The van der Waals surface area contributed by atoms with E-state index in [1.807, 2.05) is 7.11 Å². The van der Waals surface area contributed by atoms with E-state index in [0.29, 0.717) is 0 Å². The standard InChI is InChI=1S/C19H43NOSi/c1-6-8-10-12-14-16-18-22(21-5,20(3)4)19-17-15-13-11-9-7-2/h6-19H2,1-5H3. The highest BCUT2D eigenvalue weighted by atomic mass is 28.4. The van der Waals surface area contributed by atoms with Crippen molar-refractivity contribution in [3.05, 3.63) is 0 Å². The average molecular weight is 330 g/mol. The van der Waals surface area contributed by atoms with Gasteiger partial charge in [-0.15, -0.1) is 0 Å². The minimum absolute atomic E-state index is 1.32. The van der Waals surface area contributed by atoms with Crippen LogP contribution in [0.4, 0.5) is 0 Å². The molecule has 0 amide bonds. The summed E-state index contributed by atoms with van der Waals surface area (Å²) in [7, 11) is 4.79. The van der Waals surface area contributed by atoms with E-state index in [1.165, 1.54) is 89.1 Å². The molecule has 134 valence electrons. The molecule has 0 radical (unpaired) electrons. The predicted molar refractivity (Wildman–Crippen MR) is 103 cm³/mol. The van der Waals surface area contributed by atoms with Crippen molar-refractivity contribution in [2.45, 2.75) is 103 Å². The molecular formula is C19H43NOSi. The third-order valence-electron chi connectivity index (χ3n) is 5.04. The van der Waals surface area contributed by atoms with E-state index in [1.54, 1.807) is 0 Å². The van der Waals surface area contributed by atoms with Crippen LogP contribution in [0.15, 0.2) is 0 Å². The van der Waals surface area contributed by atoms with Crippen LogP contribution < -0.4 is 0 Å². The second kappa shape index (κ2) is 14.7. The molecular weight excluding hydrogens is 286 g/mol. The molecule has 0 spiro atoms. The molecule has 0 rings (SSSR count). The molecule has 0 aliphatic carbocycles. The predicted octanol–water partition coefficient (Wildman–Crippen LogP) is 6.36. The van der Waals surface area contributed by atoms with Gasteiger partial charge in [-0.05, 0) is 26.2 Å². The lowest BCUT2D eigenvalue weighted by atomic mass is 10.1. The Morgan fingerprint density at radius 2 is 1.00 bits per heavy atom. The Labute approximate surface area is 142 Å². The summed E-state index contributed by atoms with van der Waals surface area (Å²) in [5.41, 5.74) is 0. The number of nitrogens with zero attached hydrogens (tertiary/aromatic N) is 1. The zero-order chi connectivity index (χ0) is 16.7. The third-order valence-corrected chi connectivity index (χ3v) is 9.70. The number of hydrogen-bond acceptors (Lipinski definition) is 2. The van der Waals surface area contributed by atoms with Crippen LogP contribution in [0.3, 0.4) is 0 Å². The quantitative estimate of drug-likeness (QED) is 0.241. The van der Waals surface area contributed by atoms with Gasteiger partial charge in [0.2, 0.25) is 0 Å². The SMILES string of the molecule is CCCCCCCC[Si](CCCCCCCC)(OC)N(C)C. The van der Waals surface area contributed by atoms with E-state index in [2.05, 4.69) is 32.5 Å². The van der Waals surface area contributed by atoms with E-state index >= 15 is 0 Å². The van der Waals surface area contributed by atoms with Gasteiger partial charge in [0.1, 0.15) is 0 Å². The van der Waals surface area contributed by atoms with Crippen LogP contribution in [-0.2, 0) is 4.43 Å². The zero-order valence-electron chi connectivity index (χ0n) is 16.3. The monoisotopic (exact) mass is 329 g/mol. The third kappa shape index (κ3) is 10.0. The summed E-state index contributed by atoms with van der Waals surface area (Å²) in [6, 6.07) is 2.63. The summed E-state index contributed by atoms with van der Waals surface area (Å²) in [5, 5.41) is 0. The van der Waals surface area contributed by atoms with Gasteiger partial charge < -0.3 is 8.99 Å². The van der Waals surface area contributed by atoms with Gasteiger partial charge in [-0.3, -0.25) is 0 Å². The molecule has 0 fully saturated rings. The molecule has 0 atom stereocenters. The Hall–Kier alpha value is 0.137. The molecule has 2 nitrogen and oxygen atoms in total. The summed E-state index contributed by atoms with van der Waals surface area (Å²) in [5.74, 6) is 0. The van der Waals surface area contributed by atoms with Crippen LogP contribution in [0.2, 0.25) is 12.1 Å². The summed E-state index contributed by atoms with van der Waals surface area (Å²) in [6.45, 7) is 4.57. The fourth-order valence-corrected chi connectivity index (χ4v) is 6.84. The first-order valence-corrected chi connectivity index (χ1v) is 12.1. The largest absolute Gasteiger partial charge is 0.406 e. The Bertz CT molecular complexity index is 217. The lowest BCUT2D eigenvalue weighted by Gasteiger charge is -2.36. The first-order valence-electron chi connectivity index (χ1n) is 9.85. The Balaban J connectivity index is 4.01. The molecule has 0 aliphatic rings. The van der Waals surface area contributed by atoms with Crippen LogP contribution in [-0.4, -0.2) is 34.2 Å². The molecule has 22 heavy (non-hydrogen) atoms. The van der Waals surface area contributed by atoms with Gasteiger partial charge in [-0.1, -0.05) is 90.9 Å². The van der Waals surface area contributed by atoms with Crippen LogP contribution in [0, 0.1) is 0 Å². The maximum absolute atomic E-state index is 6.12. The highest BCUT2D eigenvalue weighted by molar-refractivity contribution is 6.70. The number of rotatable bonds is 16. The highest BCUT2D eigenvalue weighted by Gasteiger charge is 2.35. The zero-order valence-corrected chi connectivity index (χ0v) is 17.3. The average Bonchev–Trinajstić information content (AvgIpc) is 2.51. The lowest BCUT2D eigenvalue weighted by Crippen LogP contribution is -2.51. The van der Waals surface area contributed by atoms with Crippen molar-refractivity contribution < 1.29 is 4.43 Å². The molecule has 0 aromatic carbocycles. The van der Waals surface area contributed by atoms with Gasteiger partial charge >= 0.3 is 0 Å². The van der Waals surface area contributed by atoms with Gasteiger partial charge in [-0.25, -0.2) is 0 Å². The molecule has 0 saturated heterocycles. The minimum atomic E-state index is -1.65. The van der Waals surface area contributed by atoms with Gasteiger partial charge in [0.25, 0.3) is 8.48 Å². The minimum Gasteiger partial charge on any atom is -0.406 e. The maximum atomic E-state index is 6.12. The fraction of sp³-hybridized carbons (Fsp3) is 1.00. The molecule has 0 saturated carbocycles. The fourth-order valence-electron chi connectivity index (χ4n) is 3.32. The van der Waals surface area contributed by atoms with Gasteiger partial charge in [0.15, 0.2) is 0 Å². The van der Waals surface area contributed by atoms with Crippen LogP contribution in [0.1, 0.15) is 90.9 Å². The van der Waals surface area contributed by atoms with Gasteiger partial charge in [0.05, 0.1) is 0 Å². The number of unbranched alkanes of at least 4 members (excludes halogenated alkanes) is 10. The molecule has 3 heteroatoms. The Kier molecular flexibility index (Phi) is 14.8. The summed E-state index contributed by atoms with van der Waals surface area (Å²) in [6.07, 6.45) is 16.6. The maximum Gasteiger partial charge on any atom is 0.270 e. The van der Waals surface area contributed by atoms with E-state index in [0.717, 1.165) is 0 Å². The summed E-state index contributed by atoms with van der Waals surface area (Å²) >= 11 is 0. The van der Waals surface area contributed by atoms with Crippen molar-refractivity contribution >= 4 is 8.48 Å². The summed E-state index contributed by atoms with van der Waals surface area (Å²) < 4.78 is 8.57. The van der Waals surface area contributed by atoms with E-state index < -0.39 is 8.48 Å². The van der Waals surface area contributed by atoms with Crippen LogP contribution in [0.25, 0.3) is 0 Å². The van der Waals surface area contributed by atoms with Crippen LogP contribution >= 0.6 is 0 Å². The van der Waals surface area contributed by atoms with Crippen molar-refractivity contribution in [1.29, 1.82) is 0 Å². The molecule has 0 aromatic rings. The van der Waals surface area contributed by atoms with Crippen molar-refractivity contribution in [1.82, 2.24) is 4.57 Å². The number of hydrogen-bond donors (Lipinski definition) is 0. The second-order valence-corrected chi connectivity index (χ2v) is 11.3. The van der Waals surface area contributed by atoms with Crippen molar-refractivity contribution in [2.75, 3.05) is 21.2 Å². The van der Waals surface area contributed by atoms with Gasteiger partial charge in [-0.2, -0.15) is 0 Å². The Morgan fingerprint density at radius 3 is 1.32 bits per heavy atom. The topological polar surface area (TPSA) is 12.5 Å². The van der Waals surface area contributed by atoms with E-state index in [4.69, 9.17) is 4.43 Å². The van der Waals surface area contributed by atoms with Crippen molar-refractivity contribution in [3.8, 4) is 0 Å². The van der Waals surface area contributed by atoms with Crippen LogP contribution in [0.5, 0.6) is 0 Å². The first kappa shape index (κ1) is 22.1. The van der Waals surface area contributed by atoms with E-state index in [9.17, 15) is 0 Å². The normalized spacial score (nSPS) is 12.3. The highest BCUT2D eigenvalue weighted by Crippen LogP contribution is 2.26. The molecule has 0 bridgehead atoms. The molecule has 0 N–H and O–H groups in total. The molecule has 0 aliphatic heterocycles. The van der Waals surface area contributed by atoms with Crippen molar-refractivity contribution in [3.63, 3.8) is 0 Å². The molecule has 0 unspecified atom stereocenters. The molecule has 0 aromatic heterocycles. The van der Waals surface area contributed by atoms with E-state index in [-0.39, 0.29) is 0 Å². The molecule has 0 heterocycles. The van der Waals surface area contributed by atoms with Crippen molar-refractivity contribution in [2.24, 2.45) is 0 Å². The lowest BCUT2D eigenvalue weighted by molar-refractivity contribution is 0.322. The Morgan fingerprint density at radius 1 is 0.636 bits per heavy atom.